The molecule has 0 bridgehead atoms. The van der Waals surface area contributed by atoms with E-state index in [1.165, 1.54) is 5.57 Å². The number of rotatable bonds is 4. The highest BCUT2D eigenvalue weighted by Gasteiger charge is 1.99. The van der Waals surface area contributed by atoms with E-state index in [1.807, 2.05) is 13.0 Å². The monoisotopic (exact) mass is 171 g/mol. The van der Waals surface area contributed by atoms with E-state index in [-0.39, 0.29) is 6.09 Å². The highest BCUT2D eigenvalue weighted by molar-refractivity contribution is 5.67. The van der Waals surface area contributed by atoms with Crippen molar-refractivity contribution in [1.29, 1.82) is 0 Å². The Balaban J connectivity index is 3.59. The van der Waals surface area contributed by atoms with Crippen LogP contribution in [0.5, 0.6) is 0 Å². The minimum Gasteiger partial charge on any atom is -0.450 e. The fourth-order valence-corrected chi connectivity index (χ4v) is 0.799. The van der Waals surface area contributed by atoms with Gasteiger partial charge in [0.15, 0.2) is 0 Å². The molecule has 0 saturated carbocycles. The summed E-state index contributed by atoms with van der Waals surface area (Å²) in [5.74, 6) is 0. The molecule has 3 nitrogen and oxygen atoms in total. The fraction of sp³-hybridized carbons (Fsp3) is 0.667. The van der Waals surface area contributed by atoms with Gasteiger partial charge in [-0.1, -0.05) is 18.6 Å². The molecule has 0 aliphatic rings. The van der Waals surface area contributed by atoms with Crippen molar-refractivity contribution in [2.45, 2.75) is 27.2 Å². The number of allylic oxidation sites excluding steroid dienone is 1. The molecular formula is C9H17NO2. The smallest absolute Gasteiger partial charge is 0.407 e. The highest BCUT2D eigenvalue weighted by Crippen LogP contribution is 1.97. The highest BCUT2D eigenvalue weighted by atomic mass is 16.5. The van der Waals surface area contributed by atoms with Gasteiger partial charge >= 0.3 is 6.09 Å². The van der Waals surface area contributed by atoms with E-state index >= 15 is 0 Å². The van der Waals surface area contributed by atoms with Crippen LogP contribution >= 0.6 is 0 Å². The van der Waals surface area contributed by atoms with Crippen LogP contribution in [0.3, 0.4) is 0 Å². The fourth-order valence-electron chi connectivity index (χ4n) is 0.799. The van der Waals surface area contributed by atoms with Crippen molar-refractivity contribution >= 4 is 6.09 Å². The Morgan fingerprint density at radius 1 is 1.50 bits per heavy atom. The molecule has 0 rings (SSSR count). The maximum atomic E-state index is 10.8. The third-order valence-electron chi connectivity index (χ3n) is 1.60. The Morgan fingerprint density at radius 3 is 2.58 bits per heavy atom. The Kier molecular flexibility index (Phi) is 6.15. The molecule has 0 heterocycles. The second kappa shape index (κ2) is 6.70. The standard InChI is InChI=1S/C9H17NO2/c1-4-8(5-2)7-10-9(11)12-6-3/h4H,5-7H2,1-3H3,(H,10,11)/b8-4-. The van der Waals surface area contributed by atoms with Gasteiger partial charge in [0.1, 0.15) is 0 Å². The van der Waals surface area contributed by atoms with Crippen LogP contribution in [0.25, 0.3) is 0 Å². The van der Waals surface area contributed by atoms with Crippen molar-refractivity contribution in [3.8, 4) is 0 Å². The van der Waals surface area contributed by atoms with Gasteiger partial charge in [-0.2, -0.15) is 0 Å². The second-order valence-corrected chi connectivity index (χ2v) is 2.37. The molecule has 3 heteroatoms. The molecular weight excluding hydrogens is 154 g/mol. The number of ether oxygens (including phenoxy) is 1. The van der Waals surface area contributed by atoms with Crippen LogP contribution in [0, 0.1) is 0 Å². The van der Waals surface area contributed by atoms with E-state index in [0.29, 0.717) is 13.2 Å². The lowest BCUT2D eigenvalue weighted by Crippen LogP contribution is -2.26. The van der Waals surface area contributed by atoms with E-state index in [4.69, 9.17) is 4.74 Å². The molecule has 1 amide bonds. The van der Waals surface area contributed by atoms with Gasteiger partial charge in [-0.25, -0.2) is 4.79 Å². The van der Waals surface area contributed by atoms with Crippen LogP contribution in [0.15, 0.2) is 11.6 Å². The van der Waals surface area contributed by atoms with Crippen molar-refractivity contribution in [3.05, 3.63) is 11.6 Å². The Hall–Kier alpha value is -0.990. The lowest BCUT2D eigenvalue weighted by Gasteiger charge is -2.06. The molecule has 0 spiro atoms. The SMILES string of the molecule is C/C=C(/CC)CNC(=O)OCC. The predicted octanol–water partition coefficient (Wildman–Crippen LogP) is 2.09. The molecule has 0 aromatic carbocycles. The molecule has 0 unspecified atom stereocenters. The van der Waals surface area contributed by atoms with Gasteiger partial charge < -0.3 is 10.1 Å². The van der Waals surface area contributed by atoms with Gasteiger partial charge in [-0.15, -0.1) is 0 Å². The first-order chi connectivity index (χ1) is 5.74. The molecule has 0 fully saturated rings. The Bertz CT molecular complexity index is 164. The third kappa shape index (κ3) is 4.77. The summed E-state index contributed by atoms with van der Waals surface area (Å²) in [6.07, 6.45) is 2.63. The third-order valence-corrected chi connectivity index (χ3v) is 1.60. The summed E-state index contributed by atoms with van der Waals surface area (Å²) in [5, 5.41) is 2.66. The van der Waals surface area contributed by atoms with Crippen LogP contribution in [0.1, 0.15) is 27.2 Å². The molecule has 12 heavy (non-hydrogen) atoms. The van der Waals surface area contributed by atoms with Crippen molar-refractivity contribution in [2.24, 2.45) is 0 Å². The summed E-state index contributed by atoms with van der Waals surface area (Å²) in [7, 11) is 0. The number of carbonyl (C=O) groups excluding carboxylic acids is 1. The largest absolute Gasteiger partial charge is 0.450 e. The zero-order valence-corrected chi connectivity index (χ0v) is 8.02. The summed E-state index contributed by atoms with van der Waals surface area (Å²) in [5.41, 5.74) is 1.21. The average Bonchev–Trinajstić information content (AvgIpc) is 2.07. The molecule has 0 aliphatic carbocycles. The summed E-state index contributed by atoms with van der Waals surface area (Å²) in [6, 6.07) is 0. The van der Waals surface area contributed by atoms with E-state index < -0.39 is 0 Å². The maximum Gasteiger partial charge on any atom is 0.407 e. The number of hydrogen-bond donors (Lipinski definition) is 1. The summed E-state index contributed by atoms with van der Waals surface area (Å²) in [4.78, 5) is 10.8. The predicted molar refractivity (Wildman–Crippen MR) is 49.1 cm³/mol. The average molecular weight is 171 g/mol. The maximum absolute atomic E-state index is 10.8. The minimum atomic E-state index is -0.342. The van der Waals surface area contributed by atoms with Crippen molar-refractivity contribution in [1.82, 2.24) is 5.32 Å². The summed E-state index contributed by atoms with van der Waals surface area (Å²) in [6.45, 7) is 6.82. The normalized spacial score (nSPS) is 11.1. The first-order valence-electron chi connectivity index (χ1n) is 4.29. The summed E-state index contributed by atoms with van der Waals surface area (Å²) < 4.78 is 4.70. The van der Waals surface area contributed by atoms with Crippen molar-refractivity contribution in [3.63, 3.8) is 0 Å². The molecule has 70 valence electrons. The second-order valence-electron chi connectivity index (χ2n) is 2.37. The van der Waals surface area contributed by atoms with Crippen LogP contribution < -0.4 is 5.32 Å². The topological polar surface area (TPSA) is 38.3 Å². The Labute approximate surface area is 73.8 Å². The van der Waals surface area contributed by atoms with Crippen LogP contribution in [-0.4, -0.2) is 19.2 Å². The van der Waals surface area contributed by atoms with Crippen LogP contribution in [0.4, 0.5) is 4.79 Å². The van der Waals surface area contributed by atoms with Gasteiger partial charge in [0.05, 0.1) is 6.61 Å². The number of hydrogen-bond acceptors (Lipinski definition) is 2. The lowest BCUT2D eigenvalue weighted by atomic mass is 10.2. The van der Waals surface area contributed by atoms with E-state index in [1.54, 1.807) is 6.92 Å². The van der Waals surface area contributed by atoms with Crippen molar-refractivity contribution in [2.75, 3.05) is 13.2 Å². The molecule has 0 atom stereocenters. The number of amides is 1. The van der Waals surface area contributed by atoms with Crippen LogP contribution in [0.2, 0.25) is 0 Å². The molecule has 1 N–H and O–H groups in total. The van der Waals surface area contributed by atoms with E-state index in [2.05, 4.69) is 12.2 Å². The molecule has 0 aliphatic heterocycles. The molecule has 0 aromatic rings. The number of alkyl carbamates (subject to hydrolysis) is 1. The summed E-state index contributed by atoms with van der Waals surface area (Å²) >= 11 is 0. The molecule has 0 saturated heterocycles. The number of carbonyl (C=O) groups is 1. The minimum absolute atomic E-state index is 0.342. The first-order valence-corrected chi connectivity index (χ1v) is 4.29. The van der Waals surface area contributed by atoms with Crippen LogP contribution in [-0.2, 0) is 4.74 Å². The van der Waals surface area contributed by atoms with Gasteiger partial charge in [-0.05, 0) is 20.3 Å². The van der Waals surface area contributed by atoms with Gasteiger partial charge in [0.25, 0.3) is 0 Å². The zero-order valence-electron chi connectivity index (χ0n) is 8.02. The van der Waals surface area contributed by atoms with E-state index in [0.717, 1.165) is 6.42 Å². The zero-order chi connectivity index (χ0) is 9.40. The van der Waals surface area contributed by atoms with E-state index in [9.17, 15) is 4.79 Å². The molecule has 0 aromatic heterocycles. The first kappa shape index (κ1) is 11.0. The van der Waals surface area contributed by atoms with Gasteiger partial charge in [0.2, 0.25) is 0 Å². The Morgan fingerprint density at radius 2 is 2.17 bits per heavy atom. The van der Waals surface area contributed by atoms with Gasteiger partial charge in [-0.3, -0.25) is 0 Å². The van der Waals surface area contributed by atoms with Gasteiger partial charge in [0, 0.05) is 6.54 Å². The number of nitrogens with one attached hydrogen (secondary N) is 1. The van der Waals surface area contributed by atoms with Crippen molar-refractivity contribution < 1.29 is 9.53 Å². The molecule has 0 radical (unpaired) electrons. The quantitative estimate of drug-likeness (QED) is 0.658. The lowest BCUT2D eigenvalue weighted by molar-refractivity contribution is 0.153.